The summed E-state index contributed by atoms with van der Waals surface area (Å²) in [5.74, 6) is -0.498. The van der Waals surface area contributed by atoms with E-state index in [1.807, 2.05) is 69.2 Å². The number of likely N-dealkylation sites (tertiary alicyclic amines) is 1. The predicted molar refractivity (Wildman–Crippen MR) is 197 cm³/mol. The van der Waals surface area contributed by atoms with Gasteiger partial charge >= 0.3 is 5.97 Å². The van der Waals surface area contributed by atoms with Gasteiger partial charge in [-0.2, -0.15) is 5.10 Å². The highest BCUT2D eigenvalue weighted by atomic mass is 16.8. The zero-order valence-corrected chi connectivity index (χ0v) is 31.5. The number of carbonyl (C=O) groups is 2. The topological polar surface area (TPSA) is 194 Å². The number of carbonyl (C=O) groups excluding carboxylic acids is 1. The van der Waals surface area contributed by atoms with Crippen LogP contribution in [0.4, 0.5) is 5.82 Å². The van der Waals surface area contributed by atoms with Gasteiger partial charge in [0, 0.05) is 55.8 Å². The first-order valence-electron chi connectivity index (χ1n) is 18.2. The number of piperidine rings is 1. The van der Waals surface area contributed by atoms with Crippen LogP contribution in [0.3, 0.4) is 0 Å². The van der Waals surface area contributed by atoms with Crippen molar-refractivity contribution < 1.29 is 38.4 Å². The Labute approximate surface area is 313 Å². The molecule has 0 spiro atoms. The standard InChI is InChI=1S/C37H49N9O8/c1-37(2)53-29-30(34(47)45(16-11-25(38)36(48)49)22-9-13-43(3)14-10-22)52-35(31(29)54-37)46-19-24(26-12-15-44(4)42-26)28-32(40-20-41-33(28)46)39-18-21-7-8-23(50-5)17-27(21)51-6/h7-8,12,15,17,19-20,22,25,29-31,35H,9-11,13-14,16,18,38H2,1-6H3,(H,48,49)(H,39,40,41)/t25?,29-,30+,31-,35-/m1/s1. The van der Waals surface area contributed by atoms with E-state index < -0.39 is 42.3 Å². The van der Waals surface area contributed by atoms with E-state index in [2.05, 4.69) is 15.2 Å². The van der Waals surface area contributed by atoms with Crippen molar-refractivity contribution in [1.82, 2.24) is 34.1 Å². The number of nitrogens with two attached hydrogens (primary N) is 1. The monoisotopic (exact) mass is 747 g/mol. The lowest BCUT2D eigenvalue weighted by Crippen LogP contribution is -2.53. The number of hydrogen-bond acceptors (Lipinski definition) is 13. The van der Waals surface area contributed by atoms with Gasteiger partial charge in [0.05, 0.1) is 25.3 Å². The van der Waals surface area contributed by atoms with E-state index in [0.29, 0.717) is 40.6 Å². The molecule has 54 heavy (non-hydrogen) atoms. The summed E-state index contributed by atoms with van der Waals surface area (Å²) in [6.45, 7) is 5.80. The summed E-state index contributed by atoms with van der Waals surface area (Å²) in [4.78, 5) is 39.7. The van der Waals surface area contributed by atoms with Gasteiger partial charge in [0.1, 0.15) is 47.5 Å². The Morgan fingerprint density at radius 1 is 1.11 bits per heavy atom. The molecule has 3 aromatic heterocycles. The average molecular weight is 748 g/mol. The van der Waals surface area contributed by atoms with Crippen LogP contribution in [0.1, 0.15) is 44.9 Å². The Hall–Kier alpha value is -4.81. The second-order valence-electron chi connectivity index (χ2n) is 14.6. The molecular formula is C37H49N9O8. The van der Waals surface area contributed by atoms with Gasteiger partial charge in [0.25, 0.3) is 5.91 Å². The fourth-order valence-electron chi connectivity index (χ4n) is 7.69. The number of ether oxygens (including phenoxy) is 5. The van der Waals surface area contributed by atoms with Crippen molar-refractivity contribution in [3.8, 4) is 22.8 Å². The second kappa shape index (κ2) is 15.1. The lowest BCUT2D eigenvalue weighted by molar-refractivity contribution is -0.201. The van der Waals surface area contributed by atoms with E-state index in [0.717, 1.165) is 37.1 Å². The number of amides is 1. The van der Waals surface area contributed by atoms with Crippen molar-refractivity contribution in [2.75, 3.05) is 46.2 Å². The molecule has 17 heteroatoms. The molecule has 0 saturated carbocycles. The van der Waals surface area contributed by atoms with Crippen molar-refractivity contribution >= 4 is 28.7 Å². The van der Waals surface area contributed by atoms with Crippen LogP contribution >= 0.6 is 0 Å². The van der Waals surface area contributed by atoms with Gasteiger partial charge in [0.2, 0.25) is 0 Å². The lowest BCUT2D eigenvalue weighted by Gasteiger charge is -2.39. The number of anilines is 1. The van der Waals surface area contributed by atoms with E-state index in [1.165, 1.54) is 6.33 Å². The zero-order chi connectivity index (χ0) is 38.3. The SMILES string of the molecule is COc1ccc(CNc2ncnc3c2c(-c2ccn(C)n2)cn3[C@@H]2O[C@H](C(=O)N(CCC(N)C(=O)O)C3CCN(C)CC3)[C@H]3OC(C)(C)O[C@H]32)c(OC)c1. The van der Waals surface area contributed by atoms with E-state index in [-0.39, 0.29) is 24.9 Å². The van der Waals surface area contributed by atoms with Gasteiger partial charge in [-0.25, -0.2) is 9.97 Å². The van der Waals surface area contributed by atoms with E-state index in [1.54, 1.807) is 23.8 Å². The van der Waals surface area contributed by atoms with Crippen LogP contribution in [0.5, 0.6) is 11.5 Å². The number of nitrogens with zero attached hydrogens (tertiary/aromatic N) is 7. The van der Waals surface area contributed by atoms with E-state index in [9.17, 15) is 14.7 Å². The molecular weight excluding hydrogens is 698 g/mol. The number of nitrogens with one attached hydrogen (secondary N) is 1. The van der Waals surface area contributed by atoms with Gasteiger partial charge in [-0.05, 0) is 71.4 Å². The Morgan fingerprint density at radius 3 is 2.56 bits per heavy atom. The first kappa shape index (κ1) is 37.5. The summed E-state index contributed by atoms with van der Waals surface area (Å²) in [6.07, 6.45) is 3.52. The van der Waals surface area contributed by atoms with Crippen LogP contribution in [0.25, 0.3) is 22.3 Å². The fraction of sp³-hybridized carbons (Fsp3) is 0.541. The number of aryl methyl sites for hydroxylation is 1. The minimum absolute atomic E-state index is 0.102. The van der Waals surface area contributed by atoms with Crippen LogP contribution in [0.15, 0.2) is 43.0 Å². The maximum Gasteiger partial charge on any atom is 0.320 e. The Morgan fingerprint density at radius 2 is 1.87 bits per heavy atom. The van der Waals surface area contributed by atoms with Gasteiger partial charge in [0.15, 0.2) is 18.1 Å². The average Bonchev–Trinajstić information content (AvgIpc) is 3.92. The van der Waals surface area contributed by atoms with Crippen LogP contribution in [0, 0.1) is 0 Å². The maximum atomic E-state index is 14.7. The molecule has 3 saturated heterocycles. The molecule has 3 aliphatic heterocycles. The fourth-order valence-corrected chi connectivity index (χ4v) is 7.69. The normalized spacial score (nSPS) is 23.3. The van der Waals surface area contributed by atoms with E-state index >= 15 is 0 Å². The molecule has 3 fully saturated rings. The van der Waals surface area contributed by atoms with Gasteiger partial charge in [-0.15, -0.1) is 0 Å². The van der Waals surface area contributed by atoms with Crippen molar-refractivity contribution in [2.45, 2.75) is 82.1 Å². The quantitative estimate of drug-likeness (QED) is 0.181. The summed E-state index contributed by atoms with van der Waals surface area (Å²) in [7, 11) is 7.11. The molecule has 290 valence electrons. The Bertz CT molecular complexity index is 1990. The number of carboxylic acid groups (broad SMARTS) is 1. The maximum absolute atomic E-state index is 14.7. The molecule has 17 nitrogen and oxygen atoms in total. The highest BCUT2D eigenvalue weighted by Crippen LogP contribution is 2.46. The molecule has 4 aromatic rings. The first-order chi connectivity index (χ1) is 25.9. The summed E-state index contributed by atoms with van der Waals surface area (Å²) >= 11 is 0. The number of rotatable bonds is 13. The third-order valence-electron chi connectivity index (χ3n) is 10.5. The van der Waals surface area contributed by atoms with Crippen molar-refractivity contribution in [2.24, 2.45) is 12.8 Å². The summed E-state index contributed by atoms with van der Waals surface area (Å²) in [5, 5.41) is 18.4. The predicted octanol–water partition coefficient (Wildman–Crippen LogP) is 2.60. The molecule has 7 rings (SSSR count). The minimum Gasteiger partial charge on any atom is -0.497 e. The van der Waals surface area contributed by atoms with Crippen molar-refractivity contribution in [1.29, 1.82) is 0 Å². The molecule has 0 bridgehead atoms. The summed E-state index contributed by atoms with van der Waals surface area (Å²) in [6, 6.07) is 6.32. The Balaban J connectivity index is 1.26. The highest BCUT2D eigenvalue weighted by Gasteiger charge is 2.59. The summed E-state index contributed by atoms with van der Waals surface area (Å²) in [5.41, 5.74) is 8.80. The number of hydrogen-bond donors (Lipinski definition) is 3. The number of methoxy groups -OCH3 is 2. The van der Waals surface area contributed by atoms with Crippen molar-refractivity contribution in [3.63, 3.8) is 0 Å². The van der Waals surface area contributed by atoms with Crippen molar-refractivity contribution in [3.05, 3.63) is 48.5 Å². The van der Waals surface area contributed by atoms with Crippen LogP contribution in [-0.4, -0.2) is 128 Å². The number of aliphatic carboxylic acids is 1. The largest absolute Gasteiger partial charge is 0.497 e. The number of benzene rings is 1. The molecule has 1 aromatic carbocycles. The zero-order valence-electron chi connectivity index (χ0n) is 31.5. The van der Waals surface area contributed by atoms with Crippen LogP contribution < -0.4 is 20.5 Å². The number of aromatic nitrogens is 5. The molecule has 1 unspecified atom stereocenters. The second-order valence-corrected chi connectivity index (χ2v) is 14.6. The van der Waals surface area contributed by atoms with E-state index in [4.69, 9.17) is 39.5 Å². The Kier molecular flexibility index (Phi) is 10.5. The molecule has 6 heterocycles. The molecule has 3 aliphatic rings. The third kappa shape index (κ3) is 7.33. The van der Waals surface area contributed by atoms with Crippen LogP contribution in [0.2, 0.25) is 0 Å². The molecule has 1 amide bonds. The highest BCUT2D eigenvalue weighted by molar-refractivity contribution is 6.00. The lowest BCUT2D eigenvalue weighted by atomic mass is 10.0. The smallest absolute Gasteiger partial charge is 0.320 e. The van der Waals surface area contributed by atoms with Gasteiger partial charge in [-0.3, -0.25) is 14.3 Å². The third-order valence-corrected chi connectivity index (χ3v) is 10.5. The number of carboxylic acids is 1. The molecule has 0 aliphatic carbocycles. The number of fused-ring (bicyclic) bond motifs is 2. The molecule has 0 radical (unpaired) electrons. The van der Waals surface area contributed by atoms with Gasteiger partial charge < -0.3 is 54.2 Å². The van der Waals surface area contributed by atoms with Crippen LogP contribution in [-0.2, 0) is 37.4 Å². The molecule has 5 atom stereocenters. The molecule has 4 N–H and O–H groups in total. The minimum atomic E-state index is -1.11. The summed E-state index contributed by atoms with van der Waals surface area (Å²) < 4.78 is 34.2. The van der Waals surface area contributed by atoms with Gasteiger partial charge in [-0.1, -0.05) is 0 Å². The first-order valence-corrected chi connectivity index (χ1v) is 18.2.